The Morgan fingerprint density at radius 1 is 0.967 bits per heavy atom. The minimum absolute atomic E-state index is 0.0174. The molecule has 2 amide bonds. The summed E-state index contributed by atoms with van der Waals surface area (Å²) in [6.07, 6.45) is 4.22. The van der Waals surface area contributed by atoms with Gasteiger partial charge in [-0.25, -0.2) is 13.7 Å². The molecule has 1 atom stereocenters. The molecule has 2 aromatic rings. The average Bonchev–Trinajstić information content (AvgIpc) is 3.04. The summed E-state index contributed by atoms with van der Waals surface area (Å²) in [5.41, 5.74) is 0.970. The highest BCUT2D eigenvalue weighted by Gasteiger charge is 2.44. The lowest BCUT2D eigenvalue weighted by Gasteiger charge is -2.36. The highest BCUT2D eigenvalue weighted by molar-refractivity contribution is 6.22. The lowest BCUT2D eigenvalue weighted by Crippen LogP contribution is -2.52. The molecule has 4 rings (SSSR count). The number of nitrogens with zero attached hydrogens (tertiary/aromatic N) is 3. The molecule has 2 fully saturated rings. The Balaban J connectivity index is 1.34. The quantitative estimate of drug-likeness (QED) is 0.710. The van der Waals surface area contributed by atoms with Crippen LogP contribution in [-0.2, 0) is 9.59 Å². The van der Waals surface area contributed by atoms with Crippen molar-refractivity contribution in [2.24, 2.45) is 0 Å². The number of piperazine rings is 1. The van der Waals surface area contributed by atoms with Crippen LogP contribution in [0.25, 0.3) is 6.08 Å². The van der Waals surface area contributed by atoms with Gasteiger partial charge in [-0.3, -0.25) is 19.4 Å². The Bertz CT molecular complexity index is 956. The van der Waals surface area contributed by atoms with Gasteiger partial charge in [-0.05, 0) is 17.7 Å². The van der Waals surface area contributed by atoms with E-state index in [1.54, 1.807) is 0 Å². The van der Waals surface area contributed by atoms with E-state index in [1.807, 2.05) is 35.2 Å². The largest absolute Gasteiger partial charge is 0.297 e. The predicted octanol–water partition coefficient (Wildman–Crippen LogP) is 2.93. The van der Waals surface area contributed by atoms with E-state index in [9.17, 15) is 18.4 Å². The number of anilines is 1. The average molecular weight is 411 g/mol. The van der Waals surface area contributed by atoms with Gasteiger partial charge in [-0.1, -0.05) is 42.5 Å². The van der Waals surface area contributed by atoms with Crippen LogP contribution < -0.4 is 4.90 Å². The molecule has 156 valence electrons. The van der Waals surface area contributed by atoms with Crippen molar-refractivity contribution in [3.05, 3.63) is 71.8 Å². The third-order valence-electron chi connectivity index (χ3n) is 5.59. The minimum Gasteiger partial charge on any atom is -0.297 e. The van der Waals surface area contributed by atoms with Gasteiger partial charge in [0.05, 0.1) is 18.2 Å². The van der Waals surface area contributed by atoms with Gasteiger partial charge in [0.15, 0.2) is 0 Å². The van der Waals surface area contributed by atoms with Gasteiger partial charge in [-0.15, -0.1) is 0 Å². The van der Waals surface area contributed by atoms with E-state index in [-0.39, 0.29) is 12.1 Å². The molecule has 0 saturated carbocycles. The molecular formula is C23H23F2N3O2. The molecule has 5 nitrogen and oxygen atoms in total. The summed E-state index contributed by atoms with van der Waals surface area (Å²) in [5, 5.41) is 0. The monoisotopic (exact) mass is 411 g/mol. The summed E-state index contributed by atoms with van der Waals surface area (Å²) in [5.74, 6) is -2.55. The first-order valence-electron chi connectivity index (χ1n) is 10.0. The predicted molar refractivity (Wildman–Crippen MR) is 111 cm³/mol. The van der Waals surface area contributed by atoms with Crippen LogP contribution in [0.4, 0.5) is 14.5 Å². The van der Waals surface area contributed by atoms with Gasteiger partial charge < -0.3 is 0 Å². The maximum absolute atomic E-state index is 14.1. The van der Waals surface area contributed by atoms with E-state index in [0.29, 0.717) is 19.2 Å². The van der Waals surface area contributed by atoms with Crippen molar-refractivity contribution < 1.29 is 18.4 Å². The fourth-order valence-corrected chi connectivity index (χ4v) is 3.98. The highest BCUT2D eigenvalue weighted by atomic mass is 19.1. The van der Waals surface area contributed by atoms with Crippen LogP contribution in [0.3, 0.4) is 0 Å². The second kappa shape index (κ2) is 8.85. The number of imide groups is 1. The number of rotatable bonds is 5. The van der Waals surface area contributed by atoms with E-state index in [1.165, 1.54) is 0 Å². The summed E-state index contributed by atoms with van der Waals surface area (Å²) in [6, 6.07) is 12.4. The van der Waals surface area contributed by atoms with Crippen molar-refractivity contribution in [2.45, 2.75) is 12.5 Å². The van der Waals surface area contributed by atoms with Gasteiger partial charge in [0.25, 0.3) is 5.91 Å². The zero-order valence-electron chi connectivity index (χ0n) is 16.5. The van der Waals surface area contributed by atoms with Gasteiger partial charge in [0.2, 0.25) is 5.91 Å². The number of benzene rings is 2. The van der Waals surface area contributed by atoms with Gasteiger partial charge in [-0.2, -0.15) is 0 Å². The molecule has 7 heteroatoms. The van der Waals surface area contributed by atoms with Crippen molar-refractivity contribution in [3.8, 4) is 0 Å². The number of amides is 2. The molecule has 2 aromatic carbocycles. The number of carbonyl (C=O) groups is 2. The van der Waals surface area contributed by atoms with Crippen LogP contribution in [0.15, 0.2) is 54.6 Å². The van der Waals surface area contributed by atoms with Crippen molar-refractivity contribution in [1.29, 1.82) is 0 Å². The smallest absolute Gasteiger partial charge is 0.251 e. The third kappa shape index (κ3) is 4.32. The van der Waals surface area contributed by atoms with Gasteiger partial charge in [0, 0.05) is 38.8 Å². The van der Waals surface area contributed by atoms with Crippen LogP contribution in [0.5, 0.6) is 0 Å². The first kappa shape index (κ1) is 20.4. The fourth-order valence-electron chi connectivity index (χ4n) is 3.98. The first-order valence-corrected chi connectivity index (χ1v) is 10.0. The molecule has 2 aliphatic rings. The van der Waals surface area contributed by atoms with Crippen LogP contribution in [0.1, 0.15) is 12.0 Å². The minimum atomic E-state index is -0.910. The van der Waals surface area contributed by atoms with Crippen molar-refractivity contribution in [2.75, 3.05) is 37.6 Å². The summed E-state index contributed by atoms with van der Waals surface area (Å²) in [4.78, 5) is 30.4. The van der Waals surface area contributed by atoms with Crippen LogP contribution in [0, 0.1) is 11.6 Å². The van der Waals surface area contributed by atoms with E-state index < -0.39 is 29.5 Å². The van der Waals surface area contributed by atoms with Crippen LogP contribution in [0.2, 0.25) is 0 Å². The maximum atomic E-state index is 14.1. The molecule has 0 bridgehead atoms. The Labute approximate surface area is 174 Å². The van der Waals surface area contributed by atoms with E-state index in [4.69, 9.17) is 0 Å². The lowest BCUT2D eigenvalue weighted by molar-refractivity contribution is -0.123. The molecule has 0 N–H and O–H groups in total. The first-order chi connectivity index (χ1) is 14.5. The molecule has 2 heterocycles. The van der Waals surface area contributed by atoms with Crippen molar-refractivity contribution in [1.82, 2.24) is 9.80 Å². The topological polar surface area (TPSA) is 43.9 Å². The molecule has 0 unspecified atom stereocenters. The van der Waals surface area contributed by atoms with Crippen molar-refractivity contribution in [3.63, 3.8) is 0 Å². The molecule has 2 aliphatic heterocycles. The second-order valence-electron chi connectivity index (χ2n) is 7.53. The number of halogens is 2. The Kier molecular flexibility index (Phi) is 6.01. The fraction of sp³-hybridized carbons (Fsp3) is 0.304. The second-order valence-corrected chi connectivity index (χ2v) is 7.53. The highest BCUT2D eigenvalue weighted by Crippen LogP contribution is 2.28. The lowest BCUT2D eigenvalue weighted by atomic mass is 10.1. The third-order valence-corrected chi connectivity index (χ3v) is 5.59. The summed E-state index contributed by atoms with van der Waals surface area (Å²) in [7, 11) is 0. The zero-order chi connectivity index (χ0) is 21.1. The van der Waals surface area contributed by atoms with Gasteiger partial charge in [0.1, 0.15) is 11.6 Å². The normalized spacial score (nSPS) is 21.1. The zero-order valence-corrected chi connectivity index (χ0v) is 16.5. The van der Waals surface area contributed by atoms with Crippen molar-refractivity contribution >= 4 is 23.6 Å². The molecule has 0 spiro atoms. The van der Waals surface area contributed by atoms with E-state index >= 15 is 0 Å². The molecule has 30 heavy (non-hydrogen) atoms. The molecule has 0 aliphatic carbocycles. The van der Waals surface area contributed by atoms with Crippen LogP contribution >= 0.6 is 0 Å². The summed E-state index contributed by atoms with van der Waals surface area (Å²) >= 11 is 0. The Morgan fingerprint density at radius 3 is 2.40 bits per heavy atom. The summed E-state index contributed by atoms with van der Waals surface area (Å²) < 4.78 is 27.3. The summed E-state index contributed by atoms with van der Waals surface area (Å²) in [6.45, 7) is 3.68. The molecule has 0 aromatic heterocycles. The Hall–Kier alpha value is -2.90. The molecule has 2 saturated heterocycles. The van der Waals surface area contributed by atoms with Gasteiger partial charge >= 0.3 is 0 Å². The number of carbonyl (C=O) groups excluding carboxylic acids is 2. The molecule has 0 radical (unpaired) electrons. The number of hydrogen-bond donors (Lipinski definition) is 0. The maximum Gasteiger partial charge on any atom is 0.251 e. The SMILES string of the molecule is O=C1C[C@H](N2CCN(C/C=C/c3ccccc3)CC2)C(=O)N1c1ccc(F)cc1F. The standard InChI is InChI=1S/C23H23F2N3O2/c24-18-8-9-20(19(25)15-18)28-22(29)16-21(23(28)30)27-13-11-26(12-14-27)10-4-7-17-5-2-1-3-6-17/h1-9,15,21H,10-14,16H2/b7-4+/t21-/m0/s1. The van der Waals surface area contributed by atoms with E-state index in [2.05, 4.69) is 17.1 Å². The Morgan fingerprint density at radius 2 is 1.70 bits per heavy atom. The molecular weight excluding hydrogens is 388 g/mol. The van der Waals surface area contributed by atoms with E-state index in [0.717, 1.165) is 42.2 Å². The van der Waals surface area contributed by atoms with Crippen LogP contribution in [-0.4, -0.2) is 60.4 Å². The number of hydrogen-bond acceptors (Lipinski definition) is 4.